The van der Waals surface area contributed by atoms with Gasteiger partial charge < -0.3 is 15.3 Å². The van der Waals surface area contributed by atoms with E-state index in [2.05, 4.69) is 41.4 Å². The van der Waals surface area contributed by atoms with Crippen LogP contribution in [-0.2, 0) is 17.5 Å². The first-order chi connectivity index (χ1) is 19.1. The van der Waals surface area contributed by atoms with Crippen molar-refractivity contribution in [1.29, 1.82) is 0 Å². The van der Waals surface area contributed by atoms with E-state index in [4.69, 9.17) is 0 Å². The Kier molecular flexibility index (Phi) is 8.39. The Labute approximate surface area is 233 Å². The molecule has 2 aromatic carbocycles. The number of halogens is 4. The number of carbonyl (C=O) groups excluding carboxylic acids is 1. The van der Waals surface area contributed by atoms with Crippen LogP contribution in [-0.4, -0.2) is 41.7 Å². The summed E-state index contributed by atoms with van der Waals surface area (Å²) in [5, 5.41) is 12.6. The van der Waals surface area contributed by atoms with Gasteiger partial charge >= 0.3 is 6.18 Å². The van der Waals surface area contributed by atoms with E-state index in [0.29, 0.717) is 30.7 Å². The van der Waals surface area contributed by atoms with E-state index in [1.54, 1.807) is 0 Å². The lowest BCUT2D eigenvalue weighted by atomic mass is 9.78. The predicted molar refractivity (Wildman–Crippen MR) is 146 cm³/mol. The number of carbonyl (C=O) groups is 1. The number of benzene rings is 2. The van der Waals surface area contributed by atoms with Gasteiger partial charge in [-0.2, -0.15) is 13.2 Å². The second-order valence-corrected chi connectivity index (χ2v) is 12.1. The molecule has 6 atom stereocenters. The number of piperidine rings is 1. The van der Waals surface area contributed by atoms with Crippen molar-refractivity contribution in [1.82, 2.24) is 10.2 Å². The maximum Gasteiger partial charge on any atom is 0.416 e. The van der Waals surface area contributed by atoms with E-state index in [-0.39, 0.29) is 42.5 Å². The van der Waals surface area contributed by atoms with Crippen LogP contribution in [0.4, 0.5) is 17.6 Å². The minimum atomic E-state index is -4.66. The van der Waals surface area contributed by atoms with Gasteiger partial charge in [0.15, 0.2) is 0 Å². The molecule has 0 radical (unpaired) electrons. The van der Waals surface area contributed by atoms with Crippen molar-refractivity contribution in [2.45, 2.75) is 57.8 Å². The summed E-state index contributed by atoms with van der Waals surface area (Å²) in [4.78, 5) is 16.2. The van der Waals surface area contributed by atoms with Crippen LogP contribution in [0, 0.1) is 34.9 Å². The average Bonchev–Trinajstić information content (AvgIpc) is 3.60. The van der Waals surface area contributed by atoms with Crippen molar-refractivity contribution in [2.75, 3.05) is 19.7 Å². The Morgan fingerprint density at radius 2 is 1.95 bits per heavy atom. The number of nitrogens with one attached hydrogen (secondary N) is 1. The van der Waals surface area contributed by atoms with Gasteiger partial charge in [-0.15, -0.1) is 0 Å². The van der Waals surface area contributed by atoms with Crippen molar-refractivity contribution >= 4 is 12.0 Å². The first-order valence-electron chi connectivity index (χ1n) is 14.3. The summed E-state index contributed by atoms with van der Waals surface area (Å²) in [5.74, 6) is -0.0795. The molecule has 3 fully saturated rings. The van der Waals surface area contributed by atoms with E-state index in [1.807, 2.05) is 18.2 Å². The smallest absolute Gasteiger partial charge is 0.396 e. The molecule has 1 amide bonds. The highest BCUT2D eigenvalue weighted by molar-refractivity contribution is 5.84. The van der Waals surface area contributed by atoms with Crippen LogP contribution in [0.1, 0.15) is 55.7 Å². The molecule has 4 nitrogen and oxygen atoms in total. The lowest BCUT2D eigenvalue weighted by Gasteiger charge is -2.40. The van der Waals surface area contributed by atoms with Crippen molar-refractivity contribution in [2.24, 2.45) is 29.1 Å². The van der Waals surface area contributed by atoms with Gasteiger partial charge in [0.1, 0.15) is 5.82 Å². The fourth-order valence-corrected chi connectivity index (χ4v) is 7.08. The van der Waals surface area contributed by atoms with Crippen molar-refractivity contribution < 1.29 is 27.5 Å². The number of nitrogens with zero attached hydrogens (tertiary/aromatic N) is 1. The number of likely N-dealkylation sites (tertiary alicyclic amines) is 1. The van der Waals surface area contributed by atoms with Gasteiger partial charge in [0, 0.05) is 25.7 Å². The number of hydrogen-bond acceptors (Lipinski definition) is 3. The molecular formula is C32H38F4N2O2. The normalized spacial score (nSPS) is 31.0. The molecule has 5 unspecified atom stereocenters. The number of allylic oxidation sites excluding steroid dienone is 1. The van der Waals surface area contributed by atoms with Gasteiger partial charge in [-0.05, 0) is 91.6 Å². The highest BCUT2D eigenvalue weighted by Gasteiger charge is 2.59. The molecule has 2 aliphatic carbocycles. The molecule has 2 saturated carbocycles. The first kappa shape index (κ1) is 28.8. The molecule has 1 aliphatic heterocycles. The Morgan fingerprint density at radius 3 is 2.62 bits per heavy atom. The third kappa shape index (κ3) is 6.28. The third-order valence-corrected chi connectivity index (χ3v) is 9.44. The predicted octanol–water partition coefficient (Wildman–Crippen LogP) is 6.30. The summed E-state index contributed by atoms with van der Waals surface area (Å²) in [7, 11) is 0. The minimum absolute atomic E-state index is 0.0272. The summed E-state index contributed by atoms with van der Waals surface area (Å²) in [6, 6.07) is 12.9. The molecule has 2 N–H and O–H groups in total. The largest absolute Gasteiger partial charge is 0.416 e. The van der Waals surface area contributed by atoms with Crippen molar-refractivity contribution in [3.8, 4) is 0 Å². The molecule has 1 heterocycles. The molecule has 1 saturated heterocycles. The molecule has 5 rings (SSSR count). The molecule has 0 aromatic heterocycles. The van der Waals surface area contributed by atoms with Gasteiger partial charge in [-0.1, -0.05) is 49.4 Å². The van der Waals surface area contributed by atoms with Crippen LogP contribution in [0.2, 0.25) is 0 Å². The highest BCUT2D eigenvalue weighted by Crippen LogP contribution is 2.59. The topological polar surface area (TPSA) is 52.6 Å². The van der Waals surface area contributed by atoms with Gasteiger partial charge in [-0.3, -0.25) is 4.79 Å². The number of amides is 1. The second-order valence-electron chi connectivity index (χ2n) is 12.1. The summed E-state index contributed by atoms with van der Waals surface area (Å²) in [5.41, 5.74) is -0.448. The van der Waals surface area contributed by atoms with E-state index >= 15 is 0 Å². The van der Waals surface area contributed by atoms with Crippen LogP contribution in [0.15, 0.2) is 54.6 Å². The molecule has 0 bridgehead atoms. The molecule has 3 aliphatic rings. The second kappa shape index (κ2) is 11.6. The van der Waals surface area contributed by atoms with E-state index in [0.717, 1.165) is 44.5 Å². The SMILES string of the molecule is C[C@H]1CN(C2CCC(C(=O)NCc3cc(F)cc(C(F)(F)F)c3)(C3CC3CO)C2)CCC1/C=C\c1ccccc1. The Hall–Kier alpha value is -2.71. The molecule has 40 heavy (non-hydrogen) atoms. The lowest BCUT2D eigenvalue weighted by molar-refractivity contribution is -0.137. The van der Waals surface area contributed by atoms with Crippen LogP contribution in [0.25, 0.3) is 6.08 Å². The minimum Gasteiger partial charge on any atom is -0.396 e. The summed E-state index contributed by atoms with van der Waals surface area (Å²) in [6.45, 7) is 4.04. The first-order valence-corrected chi connectivity index (χ1v) is 14.3. The quantitative estimate of drug-likeness (QED) is 0.374. The number of aliphatic hydroxyl groups is 1. The number of alkyl halides is 3. The molecule has 2 aromatic rings. The Balaban J connectivity index is 1.23. The van der Waals surface area contributed by atoms with Crippen LogP contribution in [0.5, 0.6) is 0 Å². The summed E-state index contributed by atoms with van der Waals surface area (Å²) in [6.07, 6.45) is 3.90. The standard InChI is InChI=1S/C32H38F4N2O2/c1-21-19-38(12-10-24(21)8-7-22-5-3-2-4-6-22)28-9-11-31(17-28,29-15-25(29)20-39)30(40)37-18-23-13-26(32(34,35)36)16-27(33)14-23/h2-8,13-14,16,21,24-25,28-29,39H,9-12,15,17-20H2,1H3,(H,37,40)/b8-7-/t21-,24?,25?,28?,29?,31?/m0/s1. The van der Waals surface area contributed by atoms with Crippen LogP contribution < -0.4 is 5.32 Å². The van der Waals surface area contributed by atoms with Crippen molar-refractivity contribution in [3.63, 3.8) is 0 Å². The van der Waals surface area contributed by atoms with Gasteiger partial charge in [-0.25, -0.2) is 4.39 Å². The van der Waals surface area contributed by atoms with E-state index in [1.165, 1.54) is 5.56 Å². The van der Waals surface area contributed by atoms with Crippen LogP contribution in [0.3, 0.4) is 0 Å². The fraction of sp³-hybridized carbons (Fsp3) is 0.531. The lowest BCUT2D eigenvalue weighted by Crippen LogP contribution is -2.46. The zero-order valence-corrected chi connectivity index (χ0v) is 22.8. The van der Waals surface area contributed by atoms with E-state index in [9.17, 15) is 27.5 Å². The fourth-order valence-electron chi connectivity index (χ4n) is 7.08. The zero-order valence-electron chi connectivity index (χ0n) is 22.8. The van der Waals surface area contributed by atoms with Gasteiger partial charge in [0.05, 0.1) is 11.0 Å². The Morgan fingerprint density at radius 1 is 1.18 bits per heavy atom. The number of rotatable bonds is 8. The average molecular weight is 559 g/mol. The molecular weight excluding hydrogens is 520 g/mol. The number of aliphatic hydroxyl groups excluding tert-OH is 1. The molecule has 0 spiro atoms. The highest BCUT2D eigenvalue weighted by atomic mass is 19.4. The summed E-state index contributed by atoms with van der Waals surface area (Å²) < 4.78 is 53.4. The van der Waals surface area contributed by atoms with Gasteiger partial charge in [0.25, 0.3) is 0 Å². The monoisotopic (exact) mass is 558 g/mol. The molecule has 216 valence electrons. The number of hydrogen-bond donors (Lipinski definition) is 2. The van der Waals surface area contributed by atoms with E-state index < -0.39 is 23.0 Å². The maximum atomic E-state index is 13.9. The molecule has 8 heteroatoms. The maximum absolute atomic E-state index is 13.9. The van der Waals surface area contributed by atoms with Crippen molar-refractivity contribution in [3.05, 3.63) is 77.1 Å². The summed E-state index contributed by atoms with van der Waals surface area (Å²) >= 11 is 0. The third-order valence-electron chi connectivity index (χ3n) is 9.44. The van der Waals surface area contributed by atoms with Crippen LogP contribution >= 0.6 is 0 Å². The van der Waals surface area contributed by atoms with Gasteiger partial charge in [0.2, 0.25) is 5.91 Å². The zero-order chi connectivity index (χ0) is 28.5. The Bertz CT molecular complexity index is 1220.